The summed E-state index contributed by atoms with van der Waals surface area (Å²) in [5.41, 5.74) is -0.496. The molecule has 0 amide bonds. The molecule has 0 bridgehead atoms. The predicted molar refractivity (Wildman–Crippen MR) is 56.2 cm³/mol. The van der Waals surface area contributed by atoms with Crippen molar-refractivity contribution in [1.29, 1.82) is 0 Å². The first-order valence-electron chi connectivity index (χ1n) is 5.46. The third-order valence-electron chi connectivity index (χ3n) is 3.09. The Kier molecular flexibility index (Phi) is 4.81. The van der Waals surface area contributed by atoms with Crippen LogP contribution in [0.15, 0.2) is 0 Å². The SMILES string of the molecule is CCC(CO)(CO)NC1CCCNC1. The van der Waals surface area contributed by atoms with E-state index in [1.165, 1.54) is 0 Å². The highest BCUT2D eigenvalue weighted by molar-refractivity contribution is 4.90. The minimum atomic E-state index is -0.496. The smallest absolute Gasteiger partial charge is 0.0648 e. The van der Waals surface area contributed by atoms with E-state index in [0.717, 1.165) is 32.4 Å². The van der Waals surface area contributed by atoms with Crippen LogP contribution in [0.2, 0.25) is 0 Å². The minimum absolute atomic E-state index is 0.00347. The van der Waals surface area contributed by atoms with Crippen molar-refractivity contribution < 1.29 is 10.2 Å². The molecule has 1 heterocycles. The largest absolute Gasteiger partial charge is 0.394 e. The highest BCUT2D eigenvalue weighted by Gasteiger charge is 2.29. The number of nitrogens with one attached hydrogen (secondary N) is 2. The fourth-order valence-corrected chi connectivity index (χ4v) is 1.87. The van der Waals surface area contributed by atoms with Crippen molar-refractivity contribution in [2.45, 2.75) is 37.8 Å². The van der Waals surface area contributed by atoms with Gasteiger partial charge in [-0.05, 0) is 25.8 Å². The molecule has 4 N–H and O–H groups in total. The van der Waals surface area contributed by atoms with Crippen LogP contribution in [-0.4, -0.2) is 48.1 Å². The third kappa shape index (κ3) is 2.92. The molecule has 0 aromatic carbocycles. The highest BCUT2D eigenvalue weighted by atomic mass is 16.3. The molecule has 0 aliphatic carbocycles. The molecular formula is C10H22N2O2. The van der Waals surface area contributed by atoms with Crippen molar-refractivity contribution in [2.24, 2.45) is 0 Å². The minimum Gasteiger partial charge on any atom is -0.394 e. The van der Waals surface area contributed by atoms with E-state index in [1.54, 1.807) is 0 Å². The van der Waals surface area contributed by atoms with Gasteiger partial charge in [-0.25, -0.2) is 0 Å². The Hall–Kier alpha value is -0.160. The molecule has 1 saturated heterocycles. The van der Waals surface area contributed by atoms with Gasteiger partial charge in [-0.1, -0.05) is 6.92 Å². The van der Waals surface area contributed by atoms with Gasteiger partial charge in [0.1, 0.15) is 0 Å². The lowest BCUT2D eigenvalue weighted by molar-refractivity contribution is 0.0741. The Bertz CT molecular complexity index is 146. The van der Waals surface area contributed by atoms with Gasteiger partial charge in [0.25, 0.3) is 0 Å². The Morgan fingerprint density at radius 3 is 2.57 bits per heavy atom. The molecule has 1 aliphatic rings. The van der Waals surface area contributed by atoms with E-state index in [0.29, 0.717) is 6.04 Å². The fraction of sp³-hybridized carbons (Fsp3) is 1.00. The monoisotopic (exact) mass is 202 g/mol. The summed E-state index contributed by atoms with van der Waals surface area (Å²) in [6.07, 6.45) is 3.03. The topological polar surface area (TPSA) is 64.5 Å². The molecule has 1 atom stereocenters. The van der Waals surface area contributed by atoms with Gasteiger partial charge in [-0.2, -0.15) is 0 Å². The maximum Gasteiger partial charge on any atom is 0.0648 e. The summed E-state index contributed by atoms with van der Waals surface area (Å²) in [6, 6.07) is 0.378. The van der Waals surface area contributed by atoms with Gasteiger partial charge >= 0.3 is 0 Å². The lowest BCUT2D eigenvalue weighted by atomic mass is 9.95. The van der Waals surface area contributed by atoms with Gasteiger partial charge in [-0.15, -0.1) is 0 Å². The average molecular weight is 202 g/mol. The Morgan fingerprint density at radius 2 is 2.14 bits per heavy atom. The first-order chi connectivity index (χ1) is 6.76. The number of aliphatic hydroxyl groups excluding tert-OH is 2. The number of hydrogen-bond donors (Lipinski definition) is 4. The second-order valence-electron chi connectivity index (χ2n) is 4.14. The van der Waals surface area contributed by atoms with Crippen LogP contribution in [0.4, 0.5) is 0 Å². The van der Waals surface area contributed by atoms with Gasteiger partial charge in [0.15, 0.2) is 0 Å². The van der Waals surface area contributed by atoms with Crippen molar-refractivity contribution in [1.82, 2.24) is 10.6 Å². The lowest BCUT2D eigenvalue weighted by Crippen LogP contribution is -2.58. The zero-order valence-electron chi connectivity index (χ0n) is 8.92. The molecule has 1 aliphatic heterocycles. The average Bonchev–Trinajstić information content (AvgIpc) is 2.28. The highest BCUT2D eigenvalue weighted by Crippen LogP contribution is 2.12. The van der Waals surface area contributed by atoms with E-state index in [1.807, 2.05) is 6.92 Å². The second-order valence-corrected chi connectivity index (χ2v) is 4.14. The van der Waals surface area contributed by atoms with Crippen LogP contribution in [0, 0.1) is 0 Å². The standard InChI is InChI=1S/C10H22N2O2/c1-2-10(7-13,8-14)12-9-4-3-5-11-6-9/h9,11-14H,2-8H2,1H3. The Morgan fingerprint density at radius 1 is 1.43 bits per heavy atom. The summed E-state index contributed by atoms with van der Waals surface area (Å²) < 4.78 is 0. The zero-order valence-corrected chi connectivity index (χ0v) is 8.92. The van der Waals surface area contributed by atoms with Crippen LogP contribution in [0.5, 0.6) is 0 Å². The molecule has 1 unspecified atom stereocenters. The predicted octanol–water partition coefficient (Wildman–Crippen LogP) is -0.539. The zero-order chi connectivity index (χ0) is 10.4. The second kappa shape index (κ2) is 5.66. The summed E-state index contributed by atoms with van der Waals surface area (Å²) >= 11 is 0. The molecule has 0 saturated carbocycles. The van der Waals surface area contributed by atoms with Crippen molar-refractivity contribution in [3.05, 3.63) is 0 Å². The van der Waals surface area contributed by atoms with Crippen molar-refractivity contribution in [3.63, 3.8) is 0 Å². The molecule has 0 aromatic heterocycles. The quantitative estimate of drug-likeness (QED) is 0.483. The molecule has 0 spiro atoms. The third-order valence-corrected chi connectivity index (χ3v) is 3.09. The molecule has 4 heteroatoms. The molecule has 0 aromatic rings. The molecule has 1 fully saturated rings. The van der Waals surface area contributed by atoms with Crippen molar-refractivity contribution in [2.75, 3.05) is 26.3 Å². The van der Waals surface area contributed by atoms with Crippen LogP contribution in [-0.2, 0) is 0 Å². The van der Waals surface area contributed by atoms with Crippen LogP contribution in [0.1, 0.15) is 26.2 Å². The number of piperidine rings is 1. The van der Waals surface area contributed by atoms with Crippen LogP contribution < -0.4 is 10.6 Å². The molecule has 4 nitrogen and oxygen atoms in total. The van der Waals surface area contributed by atoms with E-state index >= 15 is 0 Å². The van der Waals surface area contributed by atoms with Gasteiger partial charge in [-0.3, -0.25) is 0 Å². The number of rotatable bonds is 5. The summed E-state index contributed by atoms with van der Waals surface area (Å²) in [7, 11) is 0. The molecule has 14 heavy (non-hydrogen) atoms. The van der Waals surface area contributed by atoms with Gasteiger partial charge < -0.3 is 20.8 Å². The van der Waals surface area contributed by atoms with E-state index < -0.39 is 5.54 Å². The van der Waals surface area contributed by atoms with Crippen LogP contribution in [0.3, 0.4) is 0 Å². The lowest BCUT2D eigenvalue weighted by Gasteiger charge is -2.36. The first-order valence-corrected chi connectivity index (χ1v) is 5.46. The number of aliphatic hydroxyl groups is 2. The summed E-state index contributed by atoms with van der Waals surface area (Å²) in [5, 5.41) is 25.2. The van der Waals surface area contributed by atoms with E-state index in [4.69, 9.17) is 0 Å². The molecule has 0 radical (unpaired) electrons. The Labute approximate surface area is 85.7 Å². The summed E-state index contributed by atoms with van der Waals surface area (Å²) in [4.78, 5) is 0. The van der Waals surface area contributed by atoms with E-state index in [9.17, 15) is 10.2 Å². The first kappa shape index (κ1) is 11.9. The van der Waals surface area contributed by atoms with E-state index in [-0.39, 0.29) is 13.2 Å². The van der Waals surface area contributed by atoms with Crippen LogP contribution >= 0.6 is 0 Å². The molecular weight excluding hydrogens is 180 g/mol. The summed E-state index contributed by atoms with van der Waals surface area (Å²) in [5.74, 6) is 0. The molecule has 84 valence electrons. The van der Waals surface area contributed by atoms with Gasteiger partial charge in [0.05, 0.1) is 18.8 Å². The fourth-order valence-electron chi connectivity index (χ4n) is 1.87. The normalized spacial score (nSPS) is 23.8. The maximum atomic E-state index is 9.26. The molecule has 1 rings (SSSR count). The van der Waals surface area contributed by atoms with E-state index in [2.05, 4.69) is 10.6 Å². The Balaban J connectivity index is 2.44. The summed E-state index contributed by atoms with van der Waals surface area (Å²) in [6.45, 7) is 3.99. The maximum absolute atomic E-state index is 9.26. The van der Waals surface area contributed by atoms with Crippen molar-refractivity contribution >= 4 is 0 Å². The number of hydrogen-bond acceptors (Lipinski definition) is 4. The van der Waals surface area contributed by atoms with Gasteiger partial charge in [0.2, 0.25) is 0 Å². The van der Waals surface area contributed by atoms with Crippen molar-refractivity contribution in [3.8, 4) is 0 Å². The van der Waals surface area contributed by atoms with Gasteiger partial charge in [0, 0.05) is 12.6 Å². The van der Waals surface area contributed by atoms with Crippen LogP contribution in [0.25, 0.3) is 0 Å².